The van der Waals surface area contributed by atoms with Crippen molar-refractivity contribution in [3.05, 3.63) is 52.3 Å². The number of aryl methyl sites for hydroxylation is 2. The van der Waals surface area contributed by atoms with E-state index in [4.69, 9.17) is 9.47 Å². The Morgan fingerprint density at radius 1 is 1.09 bits per heavy atom. The van der Waals surface area contributed by atoms with E-state index in [-0.39, 0.29) is 29.4 Å². The summed E-state index contributed by atoms with van der Waals surface area (Å²) in [6.07, 6.45) is 0.268. The number of rotatable bonds is 9. The minimum Gasteiger partial charge on any atom is -0.497 e. The second-order valence-electron chi connectivity index (χ2n) is 7.54. The van der Waals surface area contributed by atoms with E-state index in [1.165, 1.54) is 41.7 Å². The predicted octanol–water partition coefficient (Wildman–Crippen LogP) is 3.66. The van der Waals surface area contributed by atoms with Crippen molar-refractivity contribution in [1.29, 1.82) is 0 Å². The number of methoxy groups -OCH3 is 2. The maximum absolute atomic E-state index is 12.5. The molecule has 0 saturated carbocycles. The van der Waals surface area contributed by atoms with Gasteiger partial charge in [-0.25, -0.2) is 8.42 Å². The molecule has 0 unspecified atom stereocenters. The summed E-state index contributed by atoms with van der Waals surface area (Å²) < 4.78 is 38.4. The third-order valence-electron chi connectivity index (χ3n) is 5.26. The third-order valence-corrected chi connectivity index (χ3v) is 8.12. The van der Waals surface area contributed by atoms with Gasteiger partial charge in [-0.3, -0.25) is 4.79 Å². The molecule has 1 aromatic heterocycles. The predicted molar refractivity (Wildman–Crippen MR) is 126 cm³/mol. The van der Waals surface area contributed by atoms with E-state index in [2.05, 4.69) is 31.0 Å². The van der Waals surface area contributed by atoms with Gasteiger partial charge in [-0.15, -0.1) is 0 Å². The Morgan fingerprint density at radius 2 is 1.78 bits per heavy atom. The first-order valence-corrected chi connectivity index (χ1v) is 12.8. The molecule has 9 heteroatoms. The molecule has 0 aliphatic carbocycles. The van der Waals surface area contributed by atoms with Gasteiger partial charge in [0.05, 0.1) is 34.6 Å². The molecular formula is C23H28N2O5S2. The first-order valence-electron chi connectivity index (χ1n) is 10.3. The molecule has 172 valence electrons. The number of carbonyl (C=O) groups excluding carboxylic acids is 1. The molecule has 0 spiro atoms. The van der Waals surface area contributed by atoms with Gasteiger partial charge in [0.15, 0.2) is 14.6 Å². The number of sulfone groups is 1. The quantitative estimate of drug-likeness (QED) is 0.470. The number of fused-ring (bicyclic) bond motifs is 1. The monoisotopic (exact) mass is 476 g/mol. The molecule has 1 heterocycles. The van der Waals surface area contributed by atoms with E-state index in [0.717, 1.165) is 10.2 Å². The van der Waals surface area contributed by atoms with Crippen molar-refractivity contribution in [2.45, 2.75) is 38.1 Å². The highest BCUT2D eigenvalue weighted by molar-refractivity contribution is 7.91. The largest absolute Gasteiger partial charge is 0.497 e. The lowest BCUT2D eigenvalue weighted by Gasteiger charge is -2.06. The van der Waals surface area contributed by atoms with Crippen molar-refractivity contribution < 1.29 is 22.7 Å². The Labute approximate surface area is 192 Å². The standard InChI is InChI=1S/C23H28N2O5S2/c1-16-14-20-21(15-17(16)2)31-23(25(20)11-12-29-3)24-22(26)6-5-13-32(27,28)19-9-7-18(30-4)8-10-19/h7-10,14-15H,5-6,11-13H2,1-4H3. The number of carbonyl (C=O) groups is 1. The summed E-state index contributed by atoms with van der Waals surface area (Å²) in [4.78, 5) is 17.7. The van der Waals surface area contributed by atoms with Crippen molar-refractivity contribution >= 4 is 37.3 Å². The lowest BCUT2D eigenvalue weighted by atomic mass is 10.1. The van der Waals surface area contributed by atoms with Gasteiger partial charge in [-0.1, -0.05) is 11.3 Å². The van der Waals surface area contributed by atoms with Crippen molar-refractivity contribution in [3.8, 4) is 5.75 Å². The molecule has 0 atom stereocenters. The summed E-state index contributed by atoms with van der Waals surface area (Å²) in [6.45, 7) is 5.19. The number of benzene rings is 2. The van der Waals surface area contributed by atoms with Crippen LogP contribution in [0.25, 0.3) is 10.2 Å². The van der Waals surface area contributed by atoms with Crippen LogP contribution < -0.4 is 9.54 Å². The van der Waals surface area contributed by atoms with Crippen molar-refractivity contribution in [2.24, 2.45) is 4.99 Å². The van der Waals surface area contributed by atoms with Gasteiger partial charge in [-0.05, 0) is 67.8 Å². The molecule has 3 rings (SSSR count). The fraction of sp³-hybridized carbons (Fsp3) is 0.391. The molecule has 0 radical (unpaired) electrons. The van der Waals surface area contributed by atoms with E-state index < -0.39 is 9.84 Å². The highest BCUT2D eigenvalue weighted by Crippen LogP contribution is 2.22. The lowest BCUT2D eigenvalue weighted by molar-refractivity contribution is -0.118. The highest BCUT2D eigenvalue weighted by Gasteiger charge is 2.16. The maximum Gasteiger partial charge on any atom is 0.248 e. The van der Waals surface area contributed by atoms with Gasteiger partial charge >= 0.3 is 0 Å². The van der Waals surface area contributed by atoms with E-state index in [1.807, 2.05) is 4.57 Å². The van der Waals surface area contributed by atoms with E-state index in [1.54, 1.807) is 19.2 Å². The lowest BCUT2D eigenvalue weighted by Crippen LogP contribution is -2.19. The number of hydrogen-bond acceptors (Lipinski definition) is 6. The number of thiazole rings is 1. The van der Waals surface area contributed by atoms with E-state index >= 15 is 0 Å². The van der Waals surface area contributed by atoms with Gasteiger partial charge in [0.2, 0.25) is 5.91 Å². The number of amides is 1. The fourth-order valence-corrected chi connectivity index (χ4v) is 5.75. The zero-order valence-corrected chi connectivity index (χ0v) is 20.4. The first kappa shape index (κ1) is 24.2. The van der Waals surface area contributed by atoms with Crippen molar-refractivity contribution in [1.82, 2.24) is 4.57 Å². The van der Waals surface area contributed by atoms with Crippen LogP contribution in [0.3, 0.4) is 0 Å². The number of aromatic nitrogens is 1. The zero-order chi connectivity index (χ0) is 23.3. The Balaban J connectivity index is 1.75. The SMILES string of the molecule is COCCn1c(=NC(=O)CCCS(=O)(=O)c2ccc(OC)cc2)sc2cc(C)c(C)cc21. The maximum atomic E-state index is 12.5. The fourth-order valence-electron chi connectivity index (χ4n) is 3.28. The summed E-state index contributed by atoms with van der Waals surface area (Å²) in [5.41, 5.74) is 3.37. The second kappa shape index (κ2) is 10.4. The molecule has 0 bridgehead atoms. The molecule has 0 aliphatic heterocycles. The van der Waals surface area contributed by atoms with Crippen LogP contribution in [0.1, 0.15) is 24.0 Å². The van der Waals surface area contributed by atoms with Gasteiger partial charge < -0.3 is 14.0 Å². The van der Waals surface area contributed by atoms with E-state index in [9.17, 15) is 13.2 Å². The van der Waals surface area contributed by atoms with Gasteiger partial charge in [0.25, 0.3) is 0 Å². The molecular weight excluding hydrogens is 448 g/mol. The molecule has 2 aromatic carbocycles. The van der Waals surface area contributed by atoms with Crippen LogP contribution in [0.15, 0.2) is 46.3 Å². The van der Waals surface area contributed by atoms with Crippen LogP contribution in [0.2, 0.25) is 0 Å². The summed E-state index contributed by atoms with van der Waals surface area (Å²) in [5.74, 6) is 0.143. The number of nitrogens with zero attached hydrogens (tertiary/aromatic N) is 2. The first-order chi connectivity index (χ1) is 15.2. The van der Waals surface area contributed by atoms with Crippen LogP contribution in [0, 0.1) is 13.8 Å². The van der Waals surface area contributed by atoms with Gasteiger partial charge in [0.1, 0.15) is 5.75 Å². The third kappa shape index (κ3) is 5.65. The molecule has 32 heavy (non-hydrogen) atoms. The molecule has 3 aromatic rings. The van der Waals surface area contributed by atoms with Gasteiger partial charge in [0, 0.05) is 20.1 Å². The van der Waals surface area contributed by atoms with Crippen LogP contribution in [-0.4, -0.2) is 45.5 Å². The summed E-state index contributed by atoms with van der Waals surface area (Å²) in [6, 6.07) is 10.4. The Bertz CT molecular complexity index is 1270. The van der Waals surface area contributed by atoms with Crippen molar-refractivity contribution in [3.63, 3.8) is 0 Å². The van der Waals surface area contributed by atoms with Crippen LogP contribution in [0.4, 0.5) is 0 Å². The molecule has 0 aliphatic rings. The van der Waals surface area contributed by atoms with Crippen LogP contribution in [0.5, 0.6) is 5.75 Å². The normalized spacial score (nSPS) is 12.4. The number of ether oxygens (including phenoxy) is 2. The Hall–Kier alpha value is -2.49. The Kier molecular flexibility index (Phi) is 7.86. The molecule has 0 N–H and O–H groups in total. The summed E-state index contributed by atoms with van der Waals surface area (Å²) in [5, 5.41) is 0. The minimum atomic E-state index is -3.47. The average Bonchev–Trinajstić information content (AvgIpc) is 3.07. The Morgan fingerprint density at radius 3 is 2.44 bits per heavy atom. The van der Waals surface area contributed by atoms with Gasteiger partial charge in [-0.2, -0.15) is 4.99 Å². The number of hydrogen-bond donors (Lipinski definition) is 0. The molecule has 0 fully saturated rings. The smallest absolute Gasteiger partial charge is 0.248 e. The van der Waals surface area contributed by atoms with Crippen LogP contribution >= 0.6 is 11.3 Å². The average molecular weight is 477 g/mol. The molecule has 0 saturated heterocycles. The molecule has 1 amide bonds. The summed E-state index contributed by atoms with van der Waals surface area (Å²) in [7, 11) is -0.314. The van der Waals surface area contributed by atoms with Crippen molar-refractivity contribution in [2.75, 3.05) is 26.6 Å². The second-order valence-corrected chi connectivity index (χ2v) is 10.7. The minimum absolute atomic E-state index is 0.0615. The topological polar surface area (TPSA) is 87.0 Å². The zero-order valence-electron chi connectivity index (χ0n) is 18.8. The van der Waals surface area contributed by atoms with E-state index in [0.29, 0.717) is 23.7 Å². The highest BCUT2D eigenvalue weighted by atomic mass is 32.2. The molecule has 7 nitrogen and oxygen atoms in total. The summed E-state index contributed by atoms with van der Waals surface area (Å²) >= 11 is 1.45. The van der Waals surface area contributed by atoms with Crippen LogP contribution in [-0.2, 0) is 25.9 Å².